The van der Waals surface area contributed by atoms with Crippen molar-refractivity contribution < 1.29 is 37.0 Å². The minimum Gasteiger partial charge on any atom is -0.486 e. The molecule has 1 N–H and O–H groups in total. The van der Waals surface area contributed by atoms with Gasteiger partial charge >= 0.3 is 6.18 Å². The van der Waals surface area contributed by atoms with Crippen LogP contribution in [-0.2, 0) is 15.8 Å². The number of nitrogens with one attached hydrogen (secondary N) is 1. The fraction of sp³-hybridized carbons (Fsp3) is 0.333. The number of carbonyl (C=O) groups is 2. The third-order valence-corrected chi connectivity index (χ3v) is 5.07. The van der Waals surface area contributed by atoms with Gasteiger partial charge in [-0.2, -0.15) is 13.2 Å². The van der Waals surface area contributed by atoms with Gasteiger partial charge in [0.15, 0.2) is 11.5 Å². The van der Waals surface area contributed by atoms with Crippen LogP contribution >= 0.6 is 0 Å². The molecule has 2 aromatic rings. The maximum absolute atomic E-state index is 13.0. The number of nitrogens with zero attached hydrogens (tertiary/aromatic N) is 1. The number of ether oxygens (including phenoxy) is 3. The van der Waals surface area contributed by atoms with Gasteiger partial charge < -0.3 is 24.4 Å². The van der Waals surface area contributed by atoms with Crippen molar-refractivity contribution in [3.05, 3.63) is 42.0 Å². The topological polar surface area (TPSA) is 77.1 Å². The van der Waals surface area contributed by atoms with Gasteiger partial charge in [0.25, 0.3) is 0 Å². The van der Waals surface area contributed by atoms with Gasteiger partial charge in [0.1, 0.15) is 30.8 Å². The first-order chi connectivity index (χ1) is 14.7. The summed E-state index contributed by atoms with van der Waals surface area (Å²) >= 11 is 0. The van der Waals surface area contributed by atoms with E-state index in [-0.39, 0.29) is 42.7 Å². The van der Waals surface area contributed by atoms with E-state index in [4.69, 9.17) is 14.2 Å². The summed E-state index contributed by atoms with van der Waals surface area (Å²) < 4.78 is 55.7. The van der Waals surface area contributed by atoms with E-state index in [9.17, 15) is 22.8 Å². The molecule has 0 aromatic heterocycles. The highest BCUT2D eigenvalue weighted by Crippen LogP contribution is 2.43. The molecular formula is C21H19F3N2O5. The molecule has 2 amide bonds. The van der Waals surface area contributed by atoms with Crippen molar-refractivity contribution in [1.82, 2.24) is 4.90 Å². The maximum atomic E-state index is 13.0. The molecule has 1 atom stereocenters. The molecule has 7 nitrogen and oxygen atoms in total. The lowest BCUT2D eigenvalue weighted by Gasteiger charge is -2.24. The molecule has 1 unspecified atom stereocenters. The second-order valence-electron chi connectivity index (χ2n) is 7.17. The number of halogens is 3. The molecule has 2 aliphatic heterocycles. The molecule has 0 bridgehead atoms. The van der Waals surface area contributed by atoms with Gasteiger partial charge in [0, 0.05) is 25.6 Å². The van der Waals surface area contributed by atoms with Crippen LogP contribution in [0, 0.1) is 0 Å². The Labute approximate surface area is 175 Å². The smallest absolute Gasteiger partial charge is 0.416 e. The maximum Gasteiger partial charge on any atom is 0.416 e. The number of carbonyl (C=O) groups excluding carboxylic acids is 2. The summed E-state index contributed by atoms with van der Waals surface area (Å²) in [5, 5.41) is 2.73. The standard InChI is InChI=1S/C21H19F3N2O5/c1-26-16(5-6-18(26)27)20(28)25-15-10-14(11-17-19(15)30-8-7-29-17)31-13-4-2-3-12(9-13)21(22,23)24/h2-4,9-11,16H,5-8H2,1H3,(H,25,28). The molecule has 1 saturated heterocycles. The van der Waals surface area contributed by atoms with Crippen LogP contribution in [0.4, 0.5) is 18.9 Å². The SMILES string of the molecule is CN1C(=O)CCC1C(=O)Nc1cc(Oc2cccc(C(F)(F)F)c2)cc2c1OCCO2. The lowest BCUT2D eigenvalue weighted by Crippen LogP contribution is -2.39. The number of fused-ring (bicyclic) bond motifs is 1. The van der Waals surface area contributed by atoms with E-state index in [0.717, 1.165) is 12.1 Å². The third-order valence-electron chi connectivity index (χ3n) is 5.07. The van der Waals surface area contributed by atoms with Crippen molar-refractivity contribution in [2.45, 2.75) is 25.1 Å². The quantitative estimate of drug-likeness (QED) is 0.789. The summed E-state index contributed by atoms with van der Waals surface area (Å²) in [6.07, 6.45) is -3.83. The number of hydrogen-bond donors (Lipinski definition) is 1. The number of amides is 2. The molecule has 164 valence electrons. The lowest BCUT2D eigenvalue weighted by atomic mass is 10.2. The summed E-state index contributed by atoms with van der Waals surface area (Å²) in [5.41, 5.74) is -0.595. The molecule has 0 aliphatic carbocycles. The van der Waals surface area contributed by atoms with Crippen molar-refractivity contribution in [2.75, 3.05) is 25.6 Å². The fourth-order valence-corrected chi connectivity index (χ4v) is 3.48. The fourth-order valence-electron chi connectivity index (χ4n) is 3.48. The first kappa shape index (κ1) is 20.8. The normalized spacial score (nSPS) is 18.1. The molecule has 0 radical (unpaired) electrons. The summed E-state index contributed by atoms with van der Waals surface area (Å²) in [5.74, 6) is 0.203. The van der Waals surface area contributed by atoms with E-state index < -0.39 is 23.7 Å². The highest BCUT2D eigenvalue weighted by Gasteiger charge is 2.34. The Morgan fingerprint density at radius 1 is 1.16 bits per heavy atom. The number of alkyl halides is 3. The Balaban J connectivity index is 1.62. The highest BCUT2D eigenvalue weighted by atomic mass is 19.4. The summed E-state index contributed by atoms with van der Waals surface area (Å²) in [4.78, 5) is 25.8. The van der Waals surface area contributed by atoms with Crippen LogP contribution in [0.5, 0.6) is 23.0 Å². The van der Waals surface area contributed by atoms with E-state index in [0.29, 0.717) is 17.9 Å². The summed E-state index contributed by atoms with van der Waals surface area (Å²) in [7, 11) is 1.56. The highest BCUT2D eigenvalue weighted by molar-refractivity contribution is 6.00. The largest absolute Gasteiger partial charge is 0.486 e. The summed E-state index contributed by atoms with van der Waals surface area (Å²) in [6, 6.07) is 6.77. The average Bonchev–Trinajstić information content (AvgIpc) is 3.06. The minimum absolute atomic E-state index is 0.0232. The van der Waals surface area contributed by atoms with E-state index in [1.807, 2.05) is 0 Å². The van der Waals surface area contributed by atoms with Crippen LogP contribution in [0.1, 0.15) is 18.4 Å². The molecule has 0 saturated carbocycles. The molecule has 2 heterocycles. The monoisotopic (exact) mass is 436 g/mol. The van der Waals surface area contributed by atoms with Crippen molar-refractivity contribution in [2.24, 2.45) is 0 Å². The second-order valence-corrected chi connectivity index (χ2v) is 7.17. The van der Waals surface area contributed by atoms with Gasteiger partial charge in [-0.15, -0.1) is 0 Å². The number of likely N-dealkylation sites (tertiary alicyclic amines) is 1. The van der Waals surface area contributed by atoms with Gasteiger partial charge in [-0.3, -0.25) is 9.59 Å². The molecule has 10 heteroatoms. The van der Waals surface area contributed by atoms with Crippen LogP contribution in [0.15, 0.2) is 36.4 Å². The van der Waals surface area contributed by atoms with Crippen LogP contribution in [0.2, 0.25) is 0 Å². The van der Waals surface area contributed by atoms with E-state index in [1.165, 1.54) is 29.2 Å². The van der Waals surface area contributed by atoms with Crippen molar-refractivity contribution in [3.63, 3.8) is 0 Å². The number of likely N-dealkylation sites (N-methyl/N-ethyl adjacent to an activating group) is 1. The van der Waals surface area contributed by atoms with E-state index in [2.05, 4.69) is 5.32 Å². The van der Waals surface area contributed by atoms with Gasteiger partial charge in [-0.1, -0.05) is 6.07 Å². The first-order valence-electron chi connectivity index (χ1n) is 9.57. The molecule has 4 rings (SSSR count). The molecule has 1 fully saturated rings. The Hall–Kier alpha value is -3.43. The van der Waals surface area contributed by atoms with Crippen molar-refractivity contribution in [1.29, 1.82) is 0 Å². The number of hydrogen-bond acceptors (Lipinski definition) is 5. The zero-order chi connectivity index (χ0) is 22.2. The van der Waals surface area contributed by atoms with Crippen LogP contribution in [0.3, 0.4) is 0 Å². The molecule has 0 spiro atoms. The summed E-state index contributed by atoms with van der Waals surface area (Å²) in [6.45, 7) is 0.540. The number of benzene rings is 2. The van der Waals surface area contributed by atoms with Crippen LogP contribution < -0.4 is 19.5 Å². The van der Waals surface area contributed by atoms with Gasteiger partial charge in [-0.05, 0) is 24.6 Å². The molecule has 2 aromatic carbocycles. The first-order valence-corrected chi connectivity index (χ1v) is 9.57. The van der Waals surface area contributed by atoms with Crippen molar-refractivity contribution in [3.8, 4) is 23.0 Å². The molecular weight excluding hydrogens is 417 g/mol. The van der Waals surface area contributed by atoms with Gasteiger partial charge in [0.2, 0.25) is 11.8 Å². The minimum atomic E-state index is -4.50. The Bertz CT molecular complexity index is 1020. The van der Waals surface area contributed by atoms with Gasteiger partial charge in [-0.25, -0.2) is 0 Å². The lowest BCUT2D eigenvalue weighted by molar-refractivity contribution is -0.137. The Kier molecular flexibility index (Phi) is 5.38. The van der Waals surface area contributed by atoms with Crippen LogP contribution in [-0.4, -0.2) is 43.0 Å². The predicted molar refractivity (Wildman–Crippen MR) is 103 cm³/mol. The van der Waals surface area contributed by atoms with Crippen molar-refractivity contribution >= 4 is 17.5 Å². The van der Waals surface area contributed by atoms with E-state index in [1.54, 1.807) is 7.05 Å². The van der Waals surface area contributed by atoms with Crippen LogP contribution in [0.25, 0.3) is 0 Å². The zero-order valence-electron chi connectivity index (χ0n) is 16.5. The van der Waals surface area contributed by atoms with Gasteiger partial charge in [0.05, 0.1) is 11.3 Å². The number of rotatable bonds is 4. The molecule has 31 heavy (non-hydrogen) atoms. The third kappa shape index (κ3) is 4.37. The predicted octanol–water partition coefficient (Wildman–Crippen LogP) is 3.83. The van der Waals surface area contributed by atoms with E-state index >= 15 is 0 Å². The zero-order valence-corrected chi connectivity index (χ0v) is 16.5. The Morgan fingerprint density at radius 3 is 2.65 bits per heavy atom. The average molecular weight is 436 g/mol. The second kappa shape index (κ2) is 8.01. The Morgan fingerprint density at radius 2 is 1.94 bits per heavy atom. The molecule has 2 aliphatic rings. The number of anilines is 1.